The van der Waals surface area contributed by atoms with Gasteiger partial charge in [0.1, 0.15) is 0 Å². The first kappa shape index (κ1) is 33.8. The van der Waals surface area contributed by atoms with E-state index in [0.29, 0.717) is 13.2 Å². The van der Waals surface area contributed by atoms with E-state index in [1.165, 1.54) is 68.4 Å². The van der Waals surface area contributed by atoms with Crippen LogP contribution < -0.4 is 4.90 Å². The lowest BCUT2D eigenvalue weighted by Gasteiger charge is -2.25. The van der Waals surface area contributed by atoms with E-state index in [4.69, 9.17) is 9.05 Å². The molecule has 0 saturated carbocycles. The number of nitrogens with zero attached hydrogens (tertiary/aromatic N) is 1. The van der Waals surface area contributed by atoms with Crippen LogP contribution in [-0.4, -0.2) is 18.1 Å². The predicted molar refractivity (Wildman–Crippen MR) is 170 cm³/mol. The Bertz CT molecular complexity index is 918. The molecule has 0 aliphatic rings. The van der Waals surface area contributed by atoms with Crippen LogP contribution in [0.5, 0.6) is 0 Å². The molecule has 220 valence electrons. The minimum absolute atomic E-state index is 0.316. The highest BCUT2D eigenvalue weighted by atomic mass is 31.2. The number of unbranched alkanes of at least 4 members (excludes halogenated alkanes) is 10. The molecule has 0 radical (unpaired) electrons. The molecule has 0 heterocycles. The molecule has 3 rings (SSSR count). The van der Waals surface area contributed by atoms with Gasteiger partial charge in [0.05, 0.1) is 13.2 Å². The summed E-state index contributed by atoms with van der Waals surface area (Å²) < 4.78 is 21.5. The number of rotatable bonds is 19. The summed E-state index contributed by atoms with van der Waals surface area (Å²) in [5.41, 5.74) is 3.50. The second kappa shape index (κ2) is 21.3. The van der Waals surface area contributed by atoms with E-state index >= 15 is 0 Å². The summed E-state index contributed by atoms with van der Waals surface area (Å²) in [6, 6.07) is 31.3. The van der Waals surface area contributed by atoms with E-state index in [1.807, 2.05) is 18.2 Å². The highest BCUT2D eigenvalue weighted by Crippen LogP contribution is 2.43. The molecule has 3 aromatic carbocycles. The lowest BCUT2D eigenvalue weighted by molar-refractivity contribution is 0.145. The zero-order valence-electron chi connectivity index (χ0n) is 24.6. The summed E-state index contributed by atoms with van der Waals surface area (Å²) in [5, 5.41) is 0. The lowest BCUT2D eigenvalue weighted by Crippen LogP contribution is -2.09. The molecule has 0 bridgehead atoms. The number of phosphoric ester groups is 1. The molecule has 0 aromatic heterocycles. The van der Waals surface area contributed by atoms with Crippen LogP contribution >= 0.6 is 7.82 Å². The number of hydrogen-bond acceptors (Lipinski definition) is 4. The molecule has 0 aliphatic carbocycles. The van der Waals surface area contributed by atoms with Crippen molar-refractivity contribution < 1.29 is 18.5 Å². The van der Waals surface area contributed by atoms with Crippen LogP contribution in [0, 0.1) is 0 Å². The van der Waals surface area contributed by atoms with Crippen LogP contribution in [0.15, 0.2) is 91.0 Å². The minimum atomic E-state index is -3.82. The van der Waals surface area contributed by atoms with Gasteiger partial charge in [-0.15, -0.1) is 0 Å². The van der Waals surface area contributed by atoms with Crippen LogP contribution in [-0.2, 0) is 13.6 Å². The molecule has 5 nitrogen and oxygen atoms in total. The van der Waals surface area contributed by atoms with Crippen LogP contribution in [0.1, 0.15) is 90.9 Å². The third kappa shape index (κ3) is 14.8. The number of benzene rings is 3. The van der Waals surface area contributed by atoms with Crippen molar-refractivity contribution in [1.29, 1.82) is 0 Å². The Balaban J connectivity index is 0.000000281. The Morgan fingerprint density at radius 3 is 1.15 bits per heavy atom. The van der Waals surface area contributed by atoms with Crippen molar-refractivity contribution in [3.63, 3.8) is 0 Å². The molecule has 0 amide bonds. The number of phosphoric acid groups is 1. The summed E-state index contributed by atoms with van der Waals surface area (Å²) in [7, 11) is -3.82. The fourth-order valence-electron chi connectivity index (χ4n) is 4.34. The first-order chi connectivity index (χ1) is 19.6. The fraction of sp³-hybridized carbons (Fsp3) is 0.471. The third-order valence-electron chi connectivity index (χ3n) is 6.55. The van der Waals surface area contributed by atoms with Crippen molar-refractivity contribution in [2.24, 2.45) is 0 Å². The average molecular weight is 568 g/mol. The first-order valence-electron chi connectivity index (χ1n) is 15.1. The monoisotopic (exact) mass is 567 g/mol. The summed E-state index contributed by atoms with van der Waals surface area (Å²) in [4.78, 5) is 11.8. The second-order valence-corrected chi connectivity index (χ2v) is 11.5. The van der Waals surface area contributed by atoms with Crippen molar-refractivity contribution >= 4 is 24.9 Å². The fourth-order valence-corrected chi connectivity index (χ4v) is 5.13. The Morgan fingerprint density at radius 1 is 0.525 bits per heavy atom. The normalized spacial score (nSPS) is 11.1. The summed E-state index contributed by atoms with van der Waals surface area (Å²) in [6.07, 6.45) is 13.6. The van der Waals surface area contributed by atoms with E-state index in [-0.39, 0.29) is 0 Å². The summed E-state index contributed by atoms with van der Waals surface area (Å²) in [6.45, 7) is 5.01. The van der Waals surface area contributed by atoms with Crippen molar-refractivity contribution in [2.45, 2.75) is 90.9 Å². The first-order valence-corrected chi connectivity index (χ1v) is 16.6. The Labute approximate surface area is 243 Å². The zero-order valence-corrected chi connectivity index (χ0v) is 25.5. The van der Waals surface area contributed by atoms with Crippen molar-refractivity contribution in [1.82, 2.24) is 0 Å². The van der Waals surface area contributed by atoms with Gasteiger partial charge in [0, 0.05) is 17.1 Å². The van der Waals surface area contributed by atoms with E-state index in [0.717, 1.165) is 25.7 Å². The van der Waals surface area contributed by atoms with E-state index in [9.17, 15) is 9.46 Å². The van der Waals surface area contributed by atoms with Crippen molar-refractivity contribution in [3.8, 4) is 0 Å². The molecular formula is C34H50NO4P. The van der Waals surface area contributed by atoms with Crippen LogP contribution in [0.2, 0.25) is 0 Å². The third-order valence-corrected chi connectivity index (χ3v) is 7.57. The molecule has 1 N–H and O–H groups in total. The van der Waals surface area contributed by atoms with E-state index in [1.54, 1.807) is 0 Å². The van der Waals surface area contributed by atoms with Crippen LogP contribution in [0.3, 0.4) is 0 Å². The number of para-hydroxylation sites is 3. The van der Waals surface area contributed by atoms with Gasteiger partial charge in [0.15, 0.2) is 0 Å². The Kier molecular flexibility index (Phi) is 18.0. The standard InChI is InChI=1S/C18H15N.C16H35O4P/c1-4-10-16(11-5-1)19(17-12-6-2-7-13-17)18-14-8-3-9-15-18;1-3-5-7-9-11-13-15-19-21(17,18)20-16-14-12-10-8-6-4-2/h1-15H;3-16H2,1-2H3,(H,17,18). The largest absolute Gasteiger partial charge is 0.472 e. The second-order valence-electron chi connectivity index (χ2n) is 10.0. The van der Waals surface area contributed by atoms with Gasteiger partial charge in [-0.05, 0) is 49.2 Å². The van der Waals surface area contributed by atoms with Crippen molar-refractivity contribution in [3.05, 3.63) is 91.0 Å². The van der Waals surface area contributed by atoms with Gasteiger partial charge < -0.3 is 9.79 Å². The van der Waals surface area contributed by atoms with Gasteiger partial charge in [-0.25, -0.2) is 4.57 Å². The maximum absolute atomic E-state index is 11.6. The molecular weight excluding hydrogens is 517 g/mol. The van der Waals surface area contributed by atoms with Gasteiger partial charge >= 0.3 is 7.82 Å². The van der Waals surface area contributed by atoms with E-state index < -0.39 is 7.82 Å². The molecule has 0 unspecified atom stereocenters. The SMILES string of the molecule is CCCCCCCCOP(=O)(O)OCCCCCCCC.c1ccc(N(c2ccccc2)c2ccccc2)cc1. The number of hydrogen-bond donors (Lipinski definition) is 1. The molecule has 0 saturated heterocycles. The molecule has 0 spiro atoms. The summed E-state index contributed by atoms with van der Waals surface area (Å²) in [5.74, 6) is 0. The van der Waals surface area contributed by atoms with Crippen LogP contribution in [0.4, 0.5) is 17.1 Å². The molecule has 3 aromatic rings. The lowest BCUT2D eigenvalue weighted by atomic mass is 10.1. The van der Waals surface area contributed by atoms with Crippen molar-refractivity contribution in [2.75, 3.05) is 18.1 Å². The van der Waals surface area contributed by atoms with Gasteiger partial charge in [0.25, 0.3) is 0 Å². The van der Waals surface area contributed by atoms with Gasteiger partial charge in [-0.1, -0.05) is 133 Å². The topological polar surface area (TPSA) is 59.0 Å². The summed E-state index contributed by atoms with van der Waals surface area (Å²) >= 11 is 0. The molecule has 0 fully saturated rings. The van der Waals surface area contributed by atoms with Crippen LogP contribution in [0.25, 0.3) is 0 Å². The van der Waals surface area contributed by atoms with Gasteiger partial charge in [0.2, 0.25) is 0 Å². The Hall–Kier alpha value is -2.43. The quantitative estimate of drug-likeness (QED) is 0.115. The Morgan fingerprint density at radius 2 is 0.825 bits per heavy atom. The highest BCUT2D eigenvalue weighted by molar-refractivity contribution is 7.47. The highest BCUT2D eigenvalue weighted by Gasteiger charge is 2.19. The van der Waals surface area contributed by atoms with Gasteiger partial charge in [-0.2, -0.15) is 0 Å². The van der Waals surface area contributed by atoms with Gasteiger partial charge in [-0.3, -0.25) is 9.05 Å². The zero-order chi connectivity index (χ0) is 28.7. The molecule has 0 aliphatic heterocycles. The van der Waals surface area contributed by atoms with E-state index in [2.05, 4.69) is 91.5 Å². The minimum Gasteiger partial charge on any atom is -0.311 e. The molecule has 6 heteroatoms. The molecule has 0 atom stereocenters. The maximum Gasteiger partial charge on any atom is 0.472 e. The average Bonchev–Trinajstić information content (AvgIpc) is 2.98. The smallest absolute Gasteiger partial charge is 0.311 e. The molecule has 40 heavy (non-hydrogen) atoms. The number of anilines is 3. The maximum atomic E-state index is 11.6. The predicted octanol–water partition coefficient (Wildman–Crippen LogP) is 11.0.